The van der Waals surface area contributed by atoms with Crippen molar-refractivity contribution in [3.05, 3.63) is 87.8 Å². The van der Waals surface area contributed by atoms with Gasteiger partial charge in [0.2, 0.25) is 0 Å². The monoisotopic (exact) mass is 431 g/mol. The maximum Gasteiger partial charge on any atom is 0.360 e. The van der Waals surface area contributed by atoms with Gasteiger partial charge in [-0.15, -0.1) is 0 Å². The Balaban J connectivity index is 1.59. The van der Waals surface area contributed by atoms with Crippen molar-refractivity contribution >= 4 is 11.7 Å². The number of carbonyl (C=O) groups excluding carboxylic acids is 1. The Labute approximate surface area is 188 Å². The van der Waals surface area contributed by atoms with Gasteiger partial charge in [0.1, 0.15) is 0 Å². The number of aryl methyl sites for hydroxylation is 1. The summed E-state index contributed by atoms with van der Waals surface area (Å²) in [4.78, 5) is 27.8. The normalized spacial score (nSPS) is 14.4. The van der Waals surface area contributed by atoms with Crippen LogP contribution < -0.4 is 10.5 Å². The molecule has 1 aromatic heterocycles. The minimum atomic E-state index is -0.505. The Hall–Kier alpha value is -3.41. The number of rotatable bonds is 6. The predicted molar refractivity (Wildman–Crippen MR) is 126 cm³/mol. The molecule has 1 aliphatic rings. The molecule has 0 atom stereocenters. The molecule has 0 radical (unpaired) electrons. The van der Waals surface area contributed by atoms with Crippen molar-refractivity contribution in [2.75, 3.05) is 24.6 Å². The summed E-state index contributed by atoms with van der Waals surface area (Å²) in [6.07, 6.45) is 3.04. The quantitative estimate of drug-likeness (QED) is 0.548. The van der Waals surface area contributed by atoms with Gasteiger partial charge in [0.15, 0.2) is 5.69 Å². The van der Waals surface area contributed by atoms with E-state index in [4.69, 9.17) is 4.74 Å². The second-order valence-corrected chi connectivity index (χ2v) is 8.30. The van der Waals surface area contributed by atoms with E-state index in [0.717, 1.165) is 37.9 Å². The van der Waals surface area contributed by atoms with Gasteiger partial charge in [-0.2, -0.15) is 9.78 Å². The number of hydrogen-bond acceptors (Lipinski definition) is 5. The number of piperidine rings is 1. The third kappa shape index (κ3) is 4.90. The van der Waals surface area contributed by atoms with Crippen LogP contribution >= 0.6 is 0 Å². The first-order valence-corrected chi connectivity index (χ1v) is 11.2. The number of hydrogen-bond donors (Lipinski definition) is 0. The van der Waals surface area contributed by atoms with Gasteiger partial charge in [-0.25, -0.2) is 4.79 Å². The highest BCUT2D eigenvalue weighted by Crippen LogP contribution is 2.27. The molecule has 166 valence electrons. The molecule has 2 aromatic carbocycles. The van der Waals surface area contributed by atoms with Crippen molar-refractivity contribution in [3.63, 3.8) is 0 Å². The zero-order valence-electron chi connectivity index (χ0n) is 18.7. The topological polar surface area (TPSA) is 64.4 Å². The van der Waals surface area contributed by atoms with Crippen LogP contribution in [0.2, 0.25) is 0 Å². The predicted octanol–water partition coefficient (Wildman–Crippen LogP) is 4.18. The highest BCUT2D eigenvalue weighted by Gasteiger charge is 2.26. The number of esters is 1. The number of nitrogens with zero attached hydrogens (tertiary/aromatic N) is 3. The fourth-order valence-electron chi connectivity index (χ4n) is 4.23. The van der Waals surface area contributed by atoms with E-state index in [1.165, 1.54) is 16.3 Å². The van der Waals surface area contributed by atoms with Crippen molar-refractivity contribution < 1.29 is 9.53 Å². The molecule has 1 fully saturated rings. The van der Waals surface area contributed by atoms with E-state index in [2.05, 4.69) is 34.3 Å². The maximum atomic E-state index is 12.9. The van der Waals surface area contributed by atoms with Crippen LogP contribution in [0, 0.1) is 12.8 Å². The van der Waals surface area contributed by atoms with E-state index in [1.54, 1.807) is 6.92 Å². The molecule has 3 aromatic rings. The van der Waals surface area contributed by atoms with E-state index >= 15 is 0 Å². The molecule has 4 rings (SSSR count). The van der Waals surface area contributed by atoms with Crippen LogP contribution in [0.1, 0.15) is 41.4 Å². The first kappa shape index (κ1) is 21.8. The van der Waals surface area contributed by atoms with Gasteiger partial charge < -0.3 is 9.64 Å². The molecule has 1 aliphatic heterocycles. The summed E-state index contributed by atoms with van der Waals surface area (Å²) in [7, 11) is 0. The number of ether oxygens (including phenoxy) is 1. The van der Waals surface area contributed by atoms with E-state index in [-0.39, 0.29) is 17.9 Å². The lowest BCUT2D eigenvalue weighted by atomic mass is 9.90. The van der Waals surface area contributed by atoms with Crippen LogP contribution in [0.5, 0.6) is 0 Å². The van der Waals surface area contributed by atoms with Crippen molar-refractivity contribution in [1.82, 2.24) is 9.78 Å². The van der Waals surface area contributed by atoms with Gasteiger partial charge in [-0.05, 0) is 56.7 Å². The molecule has 0 N–H and O–H groups in total. The molecule has 2 heterocycles. The molecule has 0 spiro atoms. The molecule has 6 nitrogen and oxygen atoms in total. The second-order valence-electron chi connectivity index (χ2n) is 8.30. The Kier molecular flexibility index (Phi) is 6.69. The molecular formula is C26H29N3O3. The number of anilines is 1. The van der Waals surface area contributed by atoms with Crippen molar-refractivity contribution in [2.24, 2.45) is 5.92 Å². The lowest BCUT2D eigenvalue weighted by molar-refractivity contribution is 0.0518. The fourth-order valence-corrected chi connectivity index (χ4v) is 4.23. The molecule has 0 unspecified atom stereocenters. The van der Waals surface area contributed by atoms with E-state index in [1.807, 2.05) is 37.3 Å². The highest BCUT2D eigenvalue weighted by atomic mass is 16.5. The standard InChI is InChI=1S/C26H29N3O3/c1-3-32-26(31)25-23(18-24(30)29(27-25)22-11-9-19(2)10-12-22)28-15-13-21(14-16-28)17-20-7-5-4-6-8-20/h4-12,18,21H,3,13-17H2,1-2H3. The van der Waals surface area contributed by atoms with Crippen LogP contribution in [0.15, 0.2) is 65.5 Å². The van der Waals surface area contributed by atoms with Crippen molar-refractivity contribution in [2.45, 2.75) is 33.1 Å². The first-order valence-electron chi connectivity index (χ1n) is 11.2. The van der Waals surface area contributed by atoms with Crippen LogP contribution in [-0.4, -0.2) is 35.4 Å². The minimum Gasteiger partial charge on any atom is -0.461 e. The average molecular weight is 432 g/mol. The summed E-state index contributed by atoms with van der Waals surface area (Å²) in [5, 5.41) is 4.44. The van der Waals surface area contributed by atoms with Gasteiger partial charge in [0.25, 0.3) is 5.56 Å². The third-order valence-electron chi connectivity index (χ3n) is 5.98. The fraction of sp³-hybridized carbons (Fsp3) is 0.346. The van der Waals surface area contributed by atoms with Gasteiger partial charge in [-0.3, -0.25) is 4.79 Å². The maximum absolute atomic E-state index is 12.9. The summed E-state index contributed by atoms with van der Waals surface area (Å²) in [6.45, 7) is 5.55. The minimum absolute atomic E-state index is 0.188. The van der Waals surface area contributed by atoms with Crippen molar-refractivity contribution in [1.29, 1.82) is 0 Å². The molecule has 1 saturated heterocycles. The molecule has 0 amide bonds. The zero-order chi connectivity index (χ0) is 22.5. The Bertz CT molecular complexity index is 1120. The molecular weight excluding hydrogens is 402 g/mol. The van der Waals surface area contributed by atoms with E-state index in [0.29, 0.717) is 17.3 Å². The van der Waals surface area contributed by atoms with Gasteiger partial charge in [0, 0.05) is 19.2 Å². The van der Waals surface area contributed by atoms with Crippen LogP contribution in [0.3, 0.4) is 0 Å². The molecule has 0 bridgehead atoms. The lowest BCUT2D eigenvalue weighted by Gasteiger charge is -2.34. The third-order valence-corrected chi connectivity index (χ3v) is 5.98. The highest BCUT2D eigenvalue weighted by molar-refractivity contribution is 5.93. The number of aromatic nitrogens is 2. The number of carbonyl (C=O) groups is 1. The summed E-state index contributed by atoms with van der Waals surface area (Å²) in [5.41, 5.74) is 3.55. The smallest absolute Gasteiger partial charge is 0.360 e. The zero-order valence-corrected chi connectivity index (χ0v) is 18.7. The van der Waals surface area contributed by atoms with Crippen LogP contribution in [-0.2, 0) is 11.2 Å². The Morgan fingerprint density at radius 3 is 2.41 bits per heavy atom. The van der Waals surface area contributed by atoms with Crippen LogP contribution in [0.4, 0.5) is 5.69 Å². The van der Waals surface area contributed by atoms with Gasteiger partial charge >= 0.3 is 5.97 Å². The Morgan fingerprint density at radius 1 is 1.06 bits per heavy atom. The van der Waals surface area contributed by atoms with Gasteiger partial charge in [0.05, 0.1) is 18.0 Å². The van der Waals surface area contributed by atoms with Gasteiger partial charge in [-0.1, -0.05) is 48.0 Å². The van der Waals surface area contributed by atoms with Crippen LogP contribution in [0.25, 0.3) is 5.69 Å². The molecule has 0 aliphatic carbocycles. The summed E-state index contributed by atoms with van der Waals surface area (Å²) in [5.74, 6) is 0.0790. The van der Waals surface area contributed by atoms with Crippen molar-refractivity contribution in [3.8, 4) is 5.69 Å². The van der Waals surface area contributed by atoms with E-state index < -0.39 is 5.97 Å². The second kappa shape index (κ2) is 9.81. The summed E-state index contributed by atoms with van der Waals surface area (Å²) < 4.78 is 6.54. The largest absolute Gasteiger partial charge is 0.461 e. The summed E-state index contributed by atoms with van der Waals surface area (Å²) >= 11 is 0. The first-order chi connectivity index (χ1) is 15.5. The summed E-state index contributed by atoms with van der Waals surface area (Å²) in [6, 6.07) is 19.5. The van der Waals surface area contributed by atoms with E-state index in [9.17, 15) is 9.59 Å². The SMILES string of the molecule is CCOC(=O)c1nn(-c2ccc(C)cc2)c(=O)cc1N1CCC(Cc2ccccc2)CC1. The number of benzene rings is 2. The molecule has 6 heteroatoms. The lowest BCUT2D eigenvalue weighted by Crippen LogP contribution is -2.37. The molecule has 32 heavy (non-hydrogen) atoms. The Morgan fingerprint density at radius 2 is 1.75 bits per heavy atom. The molecule has 0 saturated carbocycles. The average Bonchev–Trinajstić information content (AvgIpc) is 2.81.